The van der Waals surface area contributed by atoms with Gasteiger partial charge in [0.15, 0.2) is 5.13 Å². The fourth-order valence-corrected chi connectivity index (χ4v) is 5.96. The molecule has 1 fully saturated rings. The number of carbonyl (C=O) groups excluding carboxylic acids is 2. The van der Waals surface area contributed by atoms with Crippen LogP contribution in [0.4, 0.5) is 5.13 Å². The van der Waals surface area contributed by atoms with E-state index in [0.29, 0.717) is 39.2 Å². The minimum Gasteiger partial charge on any atom is -0.508 e. The second-order valence-corrected chi connectivity index (χ2v) is 11.7. The molecule has 0 saturated carbocycles. The molecule has 1 aromatic heterocycles. The van der Waals surface area contributed by atoms with E-state index in [0.717, 1.165) is 10.3 Å². The molecule has 0 bridgehead atoms. The molecule has 1 unspecified atom stereocenters. The number of carbonyl (C=O) groups is 2. The molecule has 1 aliphatic rings. The number of nitrogens with zero attached hydrogens (tertiary/aromatic N) is 2. The second kappa shape index (κ2) is 10.0. The Morgan fingerprint density at radius 3 is 2.46 bits per heavy atom. The number of benzene rings is 3. The first kappa shape index (κ1) is 26.7. The smallest absolute Gasteiger partial charge is 0.301 e. The zero-order chi connectivity index (χ0) is 28.1. The molecule has 0 radical (unpaired) electrons. The van der Waals surface area contributed by atoms with E-state index in [4.69, 9.17) is 16.3 Å². The van der Waals surface area contributed by atoms with Crippen LogP contribution in [-0.4, -0.2) is 33.5 Å². The Bertz CT molecular complexity index is 1640. The molecule has 1 saturated heterocycles. The van der Waals surface area contributed by atoms with Crippen LogP contribution in [0.1, 0.15) is 50.4 Å². The van der Waals surface area contributed by atoms with Crippen LogP contribution in [0.3, 0.4) is 0 Å². The molecule has 1 atom stereocenters. The Morgan fingerprint density at radius 1 is 1.08 bits per heavy atom. The number of aliphatic hydroxyl groups is 1. The highest BCUT2D eigenvalue weighted by Gasteiger charge is 2.48. The first-order valence-electron chi connectivity index (χ1n) is 12.4. The maximum absolute atomic E-state index is 13.5. The highest BCUT2D eigenvalue weighted by atomic mass is 35.5. The van der Waals surface area contributed by atoms with Gasteiger partial charge in [0.05, 0.1) is 28.4 Å². The summed E-state index contributed by atoms with van der Waals surface area (Å²) in [6, 6.07) is 15.7. The van der Waals surface area contributed by atoms with E-state index >= 15 is 0 Å². The number of fused-ring (bicyclic) bond motifs is 1. The number of rotatable bonds is 5. The number of amides is 1. The van der Waals surface area contributed by atoms with Gasteiger partial charge in [-0.3, -0.25) is 14.5 Å². The van der Waals surface area contributed by atoms with Gasteiger partial charge in [0.25, 0.3) is 5.78 Å². The number of ketones is 1. The predicted octanol–water partition coefficient (Wildman–Crippen LogP) is 6.98. The molecule has 0 aliphatic carbocycles. The molecule has 2 heterocycles. The van der Waals surface area contributed by atoms with Crippen molar-refractivity contribution in [2.75, 3.05) is 11.5 Å². The van der Waals surface area contributed by atoms with Crippen molar-refractivity contribution in [3.8, 4) is 11.5 Å². The number of thiazole rings is 1. The zero-order valence-electron chi connectivity index (χ0n) is 21.9. The van der Waals surface area contributed by atoms with Crippen LogP contribution in [0.2, 0.25) is 5.02 Å². The lowest BCUT2D eigenvalue weighted by Crippen LogP contribution is -2.29. The Kier molecular flexibility index (Phi) is 6.86. The van der Waals surface area contributed by atoms with Gasteiger partial charge < -0.3 is 14.9 Å². The first-order chi connectivity index (χ1) is 18.5. The van der Waals surface area contributed by atoms with Gasteiger partial charge in [0.1, 0.15) is 17.3 Å². The standard InChI is InChI=1S/C30H27ClN2O5S/c1-5-38-22-13-8-17(14-20(22)30(2,3)4)26(35)24-25(16-6-10-19(34)11-7-16)33(28(37)27(24)36)29-32-21-12-9-18(31)15-23(21)39-29/h6-15,25,34-35H,5H2,1-4H3/b26-24+. The lowest BCUT2D eigenvalue weighted by atomic mass is 9.84. The molecule has 9 heteroatoms. The van der Waals surface area contributed by atoms with Gasteiger partial charge in [-0.2, -0.15) is 0 Å². The van der Waals surface area contributed by atoms with Crippen molar-refractivity contribution >= 4 is 55.7 Å². The van der Waals surface area contributed by atoms with Crippen LogP contribution >= 0.6 is 22.9 Å². The molecule has 39 heavy (non-hydrogen) atoms. The largest absolute Gasteiger partial charge is 0.508 e. The van der Waals surface area contributed by atoms with E-state index in [-0.39, 0.29) is 22.5 Å². The van der Waals surface area contributed by atoms with E-state index in [2.05, 4.69) is 4.98 Å². The maximum Gasteiger partial charge on any atom is 0.301 e. The maximum atomic E-state index is 13.5. The molecular formula is C30H27ClN2O5S. The Labute approximate surface area is 234 Å². The third-order valence-corrected chi connectivity index (χ3v) is 7.81. The molecule has 1 aliphatic heterocycles. The second-order valence-electron chi connectivity index (χ2n) is 10.3. The van der Waals surface area contributed by atoms with E-state index in [1.165, 1.54) is 28.4 Å². The van der Waals surface area contributed by atoms with E-state index in [1.807, 2.05) is 27.7 Å². The molecule has 0 spiro atoms. The van der Waals surface area contributed by atoms with Gasteiger partial charge in [-0.05, 0) is 66.4 Å². The van der Waals surface area contributed by atoms with E-state index in [1.54, 1.807) is 48.5 Å². The molecule has 2 N–H and O–H groups in total. The summed E-state index contributed by atoms with van der Waals surface area (Å²) < 4.78 is 6.56. The van der Waals surface area contributed by atoms with Crippen molar-refractivity contribution in [2.24, 2.45) is 0 Å². The minimum atomic E-state index is -0.966. The zero-order valence-corrected chi connectivity index (χ0v) is 23.4. The number of aliphatic hydroxyl groups excluding tert-OH is 1. The van der Waals surface area contributed by atoms with Crippen LogP contribution < -0.4 is 9.64 Å². The number of Topliss-reactive ketones (excluding diaryl/α,β-unsaturated/α-hetero) is 1. The molecule has 1 amide bonds. The summed E-state index contributed by atoms with van der Waals surface area (Å²) in [6.45, 7) is 8.47. The van der Waals surface area contributed by atoms with Crippen LogP contribution in [0.15, 0.2) is 66.2 Å². The summed E-state index contributed by atoms with van der Waals surface area (Å²) in [7, 11) is 0. The summed E-state index contributed by atoms with van der Waals surface area (Å²) >= 11 is 7.38. The molecule has 200 valence electrons. The highest BCUT2D eigenvalue weighted by molar-refractivity contribution is 7.22. The minimum absolute atomic E-state index is 0.0339. The van der Waals surface area contributed by atoms with Crippen molar-refractivity contribution in [3.05, 3.63) is 87.9 Å². The van der Waals surface area contributed by atoms with Gasteiger partial charge in [-0.1, -0.05) is 55.8 Å². The number of aromatic hydroxyl groups is 1. The number of hydrogen-bond donors (Lipinski definition) is 2. The van der Waals surface area contributed by atoms with Crippen LogP contribution in [-0.2, 0) is 15.0 Å². The number of phenolic OH excluding ortho intramolecular Hbond substituents is 1. The summed E-state index contributed by atoms with van der Waals surface area (Å²) in [5, 5.41) is 22.3. The highest BCUT2D eigenvalue weighted by Crippen LogP contribution is 2.45. The van der Waals surface area contributed by atoms with Gasteiger partial charge in [-0.25, -0.2) is 4.98 Å². The fraction of sp³-hybridized carbons (Fsp3) is 0.233. The summed E-state index contributed by atoms with van der Waals surface area (Å²) in [6.07, 6.45) is 0. The average Bonchev–Trinajstić information content (AvgIpc) is 3.41. The van der Waals surface area contributed by atoms with Crippen molar-refractivity contribution in [2.45, 2.75) is 39.2 Å². The van der Waals surface area contributed by atoms with Crippen molar-refractivity contribution < 1.29 is 24.5 Å². The normalized spacial score (nSPS) is 17.3. The summed E-state index contributed by atoms with van der Waals surface area (Å²) in [4.78, 5) is 33.0. The SMILES string of the molecule is CCOc1ccc(/C(O)=C2\C(=O)C(=O)N(c3nc4ccc(Cl)cc4s3)C2c2ccc(O)cc2)cc1C(C)(C)C. The van der Waals surface area contributed by atoms with Crippen molar-refractivity contribution in [1.82, 2.24) is 4.98 Å². The third-order valence-electron chi connectivity index (χ3n) is 6.56. The third kappa shape index (κ3) is 4.86. The Morgan fingerprint density at radius 2 is 1.79 bits per heavy atom. The van der Waals surface area contributed by atoms with Crippen LogP contribution in [0.25, 0.3) is 16.0 Å². The summed E-state index contributed by atoms with van der Waals surface area (Å²) in [5.41, 5.74) is 2.03. The van der Waals surface area contributed by atoms with Gasteiger partial charge in [0, 0.05) is 16.1 Å². The lowest BCUT2D eigenvalue weighted by Gasteiger charge is -2.25. The molecule has 3 aromatic carbocycles. The van der Waals surface area contributed by atoms with Crippen LogP contribution in [0, 0.1) is 0 Å². The van der Waals surface area contributed by atoms with Crippen LogP contribution in [0.5, 0.6) is 11.5 Å². The quantitative estimate of drug-likeness (QED) is 0.155. The molecule has 7 nitrogen and oxygen atoms in total. The Balaban J connectivity index is 1.72. The van der Waals surface area contributed by atoms with Crippen molar-refractivity contribution in [1.29, 1.82) is 0 Å². The number of halogens is 1. The number of ether oxygens (including phenoxy) is 1. The molecule has 5 rings (SSSR count). The number of hydrogen-bond acceptors (Lipinski definition) is 7. The molecule has 4 aromatic rings. The predicted molar refractivity (Wildman–Crippen MR) is 154 cm³/mol. The molecular weight excluding hydrogens is 536 g/mol. The lowest BCUT2D eigenvalue weighted by molar-refractivity contribution is -0.132. The number of anilines is 1. The van der Waals surface area contributed by atoms with E-state index < -0.39 is 17.7 Å². The van der Waals surface area contributed by atoms with Gasteiger partial charge >= 0.3 is 5.91 Å². The topological polar surface area (TPSA) is 100.0 Å². The summed E-state index contributed by atoms with van der Waals surface area (Å²) in [5.74, 6) is -1.21. The Hall–Kier alpha value is -3.88. The van der Waals surface area contributed by atoms with Gasteiger partial charge in [0.2, 0.25) is 0 Å². The number of aromatic nitrogens is 1. The fourth-order valence-electron chi connectivity index (χ4n) is 4.69. The first-order valence-corrected chi connectivity index (χ1v) is 13.6. The average molecular weight is 563 g/mol. The van der Waals surface area contributed by atoms with Gasteiger partial charge in [-0.15, -0.1) is 0 Å². The van der Waals surface area contributed by atoms with E-state index in [9.17, 15) is 19.8 Å². The monoisotopic (exact) mass is 562 g/mol. The van der Waals surface area contributed by atoms with Crippen molar-refractivity contribution in [3.63, 3.8) is 0 Å². The number of phenols is 1.